The van der Waals surface area contributed by atoms with E-state index in [4.69, 9.17) is 9.73 Å². The van der Waals surface area contributed by atoms with Crippen molar-refractivity contribution < 1.29 is 9.53 Å². The Balaban J connectivity index is 1.40. The van der Waals surface area contributed by atoms with E-state index in [0.29, 0.717) is 5.92 Å². The van der Waals surface area contributed by atoms with Crippen LogP contribution in [0.15, 0.2) is 17.4 Å². The Labute approximate surface area is 192 Å². The fraction of sp³-hybridized carbons (Fsp3) is 0.783. The summed E-state index contributed by atoms with van der Waals surface area (Å²) in [5.74, 6) is 1.54. The van der Waals surface area contributed by atoms with Crippen molar-refractivity contribution in [1.29, 1.82) is 0 Å². The van der Waals surface area contributed by atoms with Crippen molar-refractivity contribution in [3.05, 3.63) is 18.0 Å². The Hall–Kier alpha value is -2.29. The van der Waals surface area contributed by atoms with Gasteiger partial charge in [-0.3, -0.25) is 14.6 Å². The second kappa shape index (κ2) is 11.0. The Morgan fingerprint density at radius 2 is 1.97 bits per heavy atom. The second-order valence-corrected chi connectivity index (χ2v) is 9.78. The second-order valence-electron chi connectivity index (χ2n) is 9.78. The Bertz CT molecular complexity index is 763. The highest BCUT2D eigenvalue weighted by Crippen LogP contribution is 2.26. The average Bonchev–Trinajstić information content (AvgIpc) is 3.38. The monoisotopic (exact) mass is 447 g/mol. The molecule has 32 heavy (non-hydrogen) atoms. The third-order valence-corrected chi connectivity index (χ3v) is 5.94. The number of piperazine rings is 1. The summed E-state index contributed by atoms with van der Waals surface area (Å²) in [7, 11) is 1.97. The van der Waals surface area contributed by atoms with Gasteiger partial charge >= 0.3 is 6.09 Å². The molecule has 1 aromatic heterocycles. The topological polar surface area (TPSA) is 78.2 Å². The number of hydrogen-bond acceptors (Lipinski definition) is 5. The normalized spacial score (nSPS) is 20.7. The number of likely N-dealkylation sites (tertiary alicyclic amines) is 1. The van der Waals surface area contributed by atoms with Gasteiger partial charge in [-0.2, -0.15) is 5.10 Å². The molecule has 0 aliphatic carbocycles. The maximum atomic E-state index is 12.2. The number of nitrogens with one attached hydrogen (secondary N) is 1. The van der Waals surface area contributed by atoms with Crippen LogP contribution in [-0.2, 0) is 11.8 Å². The maximum Gasteiger partial charge on any atom is 0.410 e. The molecule has 9 heteroatoms. The van der Waals surface area contributed by atoms with Crippen LogP contribution in [0.1, 0.15) is 52.0 Å². The number of ether oxygens (including phenoxy) is 1. The van der Waals surface area contributed by atoms with Crippen LogP contribution in [0.5, 0.6) is 0 Å². The number of nitrogens with zero attached hydrogens (tertiary/aromatic N) is 6. The van der Waals surface area contributed by atoms with Crippen LogP contribution in [0.3, 0.4) is 0 Å². The van der Waals surface area contributed by atoms with Crippen molar-refractivity contribution in [1.82, 2.24) is 29.8 Å². The zero-order chi connectivity index (χ0) is 23.1. The molecule has 0 spiro atoms. The molecule has 2 saturated heterocycles. The minimum absolute atomic E-state index is 0.202. The number of carbonyl (C=O) groups is 1. The standard InChI is InChI=1S/C23H41N7O2/c1-6-24-21(30-11-8-19(18-30)20-16-26-27(5)17-20)25-9-7-10-28-12-14-29(15-13-28)22(31)32-23(2,3)4/h16-17,19H,6-15,18H2,1-5H3,(H,24,25). The first-order valence-electron chi connectivity index (χ1n) is 12.0. The van der Waals surface area contributed by atoms with Crippen LogP contribution in [0.2, 0.25) is 0 Å². The molecule has 1 N–H and O–H groups in total. The summed E-state index contributed by atoms with van der Waals surface area (Å²) in [5, 5.41) is 7.78. The number of guanidine groups is 1. The van der Waals surface area contributed by atoms with Crippen molar-refractivity contribution in [2.24, 2.45) is 12.0 Å². The first-order chi connectivity index (χ1) is 15.2. The van der Waals surface area contributed by atoms with Crippen LogP contribution in [0.4, 0.5) is 4.79 Å². The molecule has 0 bridgehead atoms. The third kappa shape index (κ3) is 7.12. The molecular formula is C23H41N7O2. The summed E-state index contributed by atoms with van der Waals surface area (Å²) in [6, 6.07) is 0. The quantitative estimate of drug-likeness (QED) is 0.409. The highest BCUT2D eigenvalue weighted by Gasteiger charge is 2.27. The van der Waals surface area contributed by atoms with Gasteiger partial charge in [0, 0.05) is 78.1 Å². The molecule has 0 saturated carbocycles. The molecule has 2 aliphatic rings. The lowest BCUT2D eigenvalue weighted by Gasteiger charge is -2.35. The fourth-order valence-electron chi connectivity index (χ4n) is 4.26. The van der Waals surface area contributed by atoms with Crippen molar-refractivity contribution in [2.75, 3.05) is 58.9 Å². The molecule has 3 heterocycles. The van der Waals surface area contributed by atoms with Gasteiger partial charge < -0.3 is 19.9 Å². The molecule has 1 aromatic rings. The molecule has 1 amide bonds. The highest BCUT2D eigenvalue weighted by atomic mass is 16.6. The van der Waals surface area contributed by atoms with Gasteiger partial charge in [-0.15, -0.1) is 0 Å². The average molecular weight is 448 g/mol. The predicted octanol–water partition coefficient (Wildman–Crippen LogP) is 2.12. The molecule has 3 rings (SSSR count). The van der Waals surface area contributed by atoms with Crippen molar-refractivity contribution in [2.45, 2.75) is 52.1 Å². The van der Waals surface area contributed by atoms with Crippen molar-refractivity contribution in [3.63, 3.8) is 0 Å². The summed E-state index contributed by atoms with van der Waals surface area (Å²) in [6.07, 6.45) is 6.06. The van der Waals surface area contributed by atoms with E-state index in [0.717, 1.165) is 77.7 Å². The summed E-state index contributed by atoms with van der Waals surface area (Å²) < 4.78 is 7.36. The van der Waals surface area contributed by atoms with Gasteiger partial charge in [-0.25, -0.2) is 4.79 Å². The van der Waals surface area contributed by atoms with Gasteiger partial charge in [0.05, 0.1) is 6.20 Å². The van der Waals surface area contributed by atoms with Gasteiger partial charge in [0.1, 0.15) is 5.60 Å². The molecule has 2 aliphatic heterocycles. The lowest BCUT2D eigenvalue weighted by Crippen LogP contribution is -2.50. The number of aryl methyl sites for hydroxylation is 1. The van der Waals surface area contributed by atoms with E-state index >= 15 is 0 Å². The summed E-state index contributed by atoms with van der Waals surface area (Å²) in [5.41, 5.74) is 0.875. The van der Waals surface area contributed by atoms with E-state index < -0.39 is 5.60 Å². The number of aliphatic imine (C=N–C) groups is 1. The number of amides is 1. The van der Waals surface area contributed by atoms with Crippen LogP contribution < -0.4 is 5.32 Å². The van der Waals surface area contributed by atoms with Crippen LogP contribution in [-0.4, -0.2) is 101 Å². The Kier molecular flexibility index (Phi) is 8.39. The van der Waals surface area contributed by atoms with Crippen LogP contribution in [0, 0.1) is 0 Å². The summed E-state index contributed by atoms with van der Waals surface area (Å²) in [6.45, 7) is 15.8. The third-order valence-electron chi connectivity index (χ3n) is 5.94. The van der Waals surface area contributed by atoms with E-state index in [9.17, 15) is 4.79 Å². The molecule has 2 fully saturated rings. The molecular weight excluding hydrogens is 406 g/mol. The molecule has 0 aromatic carbocycles. The molecule has 9 nitrogen and oxygen atoms in total. The van der Waals surface area contributed by atoms with Crippen LogP contribution >= 0.6 is 0 Å². The number of hydrogen-bond donors (Lipinski definition) is 1. The first-order valence-corrected chi connectivity index (χ1v) is 12.0. The van der Waals surface area contributed by atoms with Gasteiger partial charge in [-0.05, 0) is 46.1 Å². The van der Waals surface area contributed by atoms with Crippen LogP contribution in [0.25, 0.3) is 0 Å². The molecule has 0 radical (unpaired) electrons. The number of rotatable bonds is 6. The number of carbonyl (C=O) groups excluding carboxylic acids is 1. The zero-order valence-corrected chi connectivity index (χ0v) is 20.5. The number of aromatic nitrogens is 2. The van der Waals surface area contributed by atoms with E-state index in [-0.39, 0.29) is 6.09 Å². The minimum Gasteiger partial charge on any atom is -0.444 e. The van der Waals surface area contributed by atoms with E-state index in [1.807, 2.05) is 43.6 Å². The lowest BCUT2D eigenvalue weighted by atomic mass is 10.0. The summed E-state index contributed by atoms with van der Waals surface area (Å²) >= 11 is 0. The predicted molar refractivity (Wildman–Crippen MR) is 127 cm³/mol. The Morgan fingerprint density at radius 3 is 2.59 bits per heavy atom. The van der Waals surface area contributed by atoms with Crippen molar-refractivity contribution in [3.8, 4) is 0 Å². The van der Waals surface area contributed by atoms with Gasteiger partial charge in [-0.1, -0.05) is 0 Å². The molecule has 1 unspecified atom stereocenters. The summed E-state index contributed by atoms with van der Waals surface area (Å²) in [4.78, 5) is 23.7. The largest absolute Gasteiger partial charge is 0.444 e. The molecule has 1 atom stereocenters. The van der Waals surface area contributed by atoms with Gasteiger partial charge in [0.15, 0.2) is 5.96 Å². The van der Waals surface area contributed by atoms with E-state index in [1.165, 1.54) is 5.56 Å². The smallest absolute Gasteiger partial charge is 0.410 e. The molecule has 180 valence electrons. The maximum absolute atomic E-state index is 12.2. The van der Waals surface area contributed by atoms with E-state index in [2.05, 4.69) is 33.3 Å². The first kappa shape index (κ1) is 24.4. The van der Waals surface area contributed by atoms with Gasteiger partial charge in [0.25, 0.3) is 0 Å². The van der Waals surface area contributed by atoms with E-state index in [1.54, 1.807) is 0 Å². The lowest BCUT2D eigenvalue weighted by molar-refractivity contribution is 0.0145. The minimum atomic E-state index is -0.441. The van der Waals surface area contributed by atoms with Gasteiger partial charge in [0.2, 0.25) is 0 Å². The SMILES string of the molecule is CCNC(=NCCCN1CCN(C(=O)OC(C)(C)C)CC1)N1CCC(c2cnn(C)c2)C1. The Morgan fingerprint density at radius 1 is 1.22 bits per heavy atom. The highest BCUT2D eigenvalue weighted by molar-refractivity contribution is 5.80. The fourth-order valence-corrected chi connectivity index (χ4v) is 4.26. The van der Waals surface area contributed by atoms with Crippen molar-refractivity contribution >= 4 is 12.1 Å². The zero-order valence-electron chi connectivity index (χ0n) is 20.5.